The number of benzene rings is 2. The highest BCUT2D eigenvalue weighted by molar-refractivity contribution is 6.01. The van der Waals surface area contributed by atoms with Crippen LogP contribution >= 0.6 is 0 Å². The van der Waals surface area contributed by atoms with E-state index in [0.717, 1.165) is 16.8 Å². The fourth-order valence-corrected chi connectivity index (χ4v) is 3.94. The Labute approximate surface area is 177 Å². The van der Waals surface area contributed by atoms with Crippen molar-refractivity contribution in [1.82, 2.24) is 9.88 Å². The second kappa shape index (κ2) is 9.44. The average Bonchev–Trinajstić information content (AvgIpc) is 3.02. The summed E-state index contributed by atoms with van der Waals surface area (Å²) in [6.45, 7) is 8.27. The number of esters is 1. The molecule has 0 aliphatic rings. The lowest BCUT2D eigenvalue weighted by Gasteiger charge is -2.20. The summed E-state index contributed by atoms with van der Waals surface area (Å²) in [5.41, 5.74) is 4.36. The molecule has 3 rings (SSSR count). The van der Waals surface area contributed by atoms with Crippen LogP contribution in [0.15, 0.2) is 60.7 Å². The molecule has 0 aliphatic heterocycles. The van der Waals surface area contributed by atoms with E-state index in [9.17, 15) is 9.59 Å². The predicted molar refractivity (Wildman–Crippen MR) is 118 cm³/mol. The van der Waals surface area contributed by atoms with Gasteiger partial charge < -0.3 is 14.6 Å². The maximum atomic E-state index is 13.4. The number of hydrogen-bond donors (Lipinski definition) is 1. The maximum Gasteiger partial charge on any atom is 0.355 e. The number of rotatable bonds is 7. The van der Waals surface area contributed by atoms with Crippen LogP contribution in [0.2, 0.25) is 0 Å². The second-order valence-electron chi connectivity index (χ2n) is 7.13. The van der Waals surface area contributed by atoms with Crippen LogP contribution in [0.1, 0.15) is 63.1 Å². The Bertz CT molecular complexity index is 984. The highest BCUT2D eigenvalue weighted by Gasteiger charge is 2.28. The maximum absolute atomic E-state index is 13.4. The summed E-state index contributed by atoms with van der Waals surface area (Å²) in [6.07, 6.45) is 0. The molecule has 0 spiro atoms. The van der Waals surface area contributed by atoms with Gasteiger partial charge in [-0.25, -0.2) is 4.79 Å². The topological polar surface area (TPSA) is 60.3 Å². The van der Waals surface area contributed by atoms with Gasteiger partial charge in [-0.1, -0.05) is 60.7 Å². The van der Waals surface area contributed by atoms with E-state index in [0.29, 0.717) is 23.4 Å². The zero-order valence-electron chi connectivity index (χ0n) is 17.9. The Balaban J connectivity index is 2.02. The third-order valence-electron chi connectivity index (χ3n) is 5.32. The van der Waals surface area contributed by atoms with Gasteiger partial charge in [-0.05, 0) is 44.4 Å². The summed E-state index contributed by atoms with van der Waals surface area (Å²) in [6, 6.07) is 19.4. The van der Waals surface area contributed by atoms with Crippen molar-refractivity contribution in [3.8, 4) is 0 Å². The van der Waals surface area contributed by atoms with Gasteiger partial charge in [0.15, 0.2) is 0 Å². The SMILES string of the molecule is CCOC(=O)c1c(C)c(C(=O)NC(c2ccccc2)c2ccccc2)c(C)n1CC. The van der Waals surface area contributed by atoms with Crippen LogP contribution in [0.3, 0.4) is 0 Å². The van der Waals surface area contributed by atoms with Crippen LogP contribution in [0.5, 0.6) is 0 Å². The summed E-state index contributed by atoms with van der Waals surface area (Å²) in [5.74, 6) is -0.609. The van der Waals surface area contributed by atoms with Gasteiger partial charge in [0.1, 0.15) is 5.69 Å². The molecule has 156 valence electrons. The smallest absolute Gasteiger partial charge is 0.355 e. The first-order valence-corrected chi connectivity index (χ1v) is 10.3. The van der Waals surface area contributed by atoms with Gasteiger partial charge in [0, 0.05) is 12.2 Å². The standard InChI is InChI=1S/C25H28N2O3/c1-5-27-18(4)21(17(3)23(27)25(29)30-6-2)24(28)26-22(19-13-9-7-10-14-19)20-15-11-8-12-16-20/h7-16,22H,5-6H2,1-4H3,(H,26,28). The largest absolute Gasteiger partial charge is 0.461 e. The fourth-order valence-electron chi connectivity index (χ4n) is 3.94. The lowest BCUT2D eigenvalue weighted by atomic mass is 9.98. The number of nitrogens with zero attached hydrogens (tertiary/aromatic N) is 1. The molecular weight excluding hydrogens is 376 g/mol. The lowest BCUT2D eigenvalue weighted by molar-refractivity contribution is 0.0512. The predicted octanol–water partition coefficient (Wildman–Crippen LogP) is 4.82. The molecular formula is C25H28N2O3. The third kappa shape index (κ3) is 4.15. The molecule has 3 aromatic rings. The Hall–Kier alpha value is -3.34. The van der Waals surface area contributed by atoms with E-state index in [1.165, 1.54) is 0 Å². The number of aromatic nitrogens is 1. The molecule has 0 radical (unpaired) electrons. The van der Waals surface area contributed by atoms with Gasteiger partial charge in [0.25, 0.3) is 5.91 Å². The first-order chi connectivity index (χ1) is 14.5. The van der Waals surface area contributed by atoms with Crippen molar-refractivity contribution in [3.05, 3.63) is 94.3 Å². The zero-order chi connectivity index (χ0) is 21.7. The molecule has 0 bridgehead atoms. The Morgan fingerprint density at radius 2 is 1.47 bits per heavy atom. The number of hydrogen-bond acceptors (Lipinski definition) is 3. The molecule has 1 amide bonds. The second-order valence-corrected chi connectivity index (χ2v) is 7.13. The van der Waals surface area contributed by atoms with E-state index in [1.807, 2.05) is 79.1 Å². The van der Waals surface area contributed by atoms with Gasteiger partial charge in [-0.3, -0.25) is 4.79 Å². The Kier molecular flexibility index (Phi) is 6.72. The zero-order valence-corrected chi connectivity index (χ0v) is 17.9. The summed E-state index contributed by atoms with van der Waals surface area (Å²) in [5, 5.41) is 3.18. The highest BCUT2D eigenvalue weighted by atomic mass is 16.5. The molecule has 2 aromatic carbocycles. The minimum Gasteiger partial charge on any atom is -0.461 e. The van der Waals surface area contributed by atoms with E-state index < -0.39 is 5.97 Å². The van der Waals surface area contributed by atoms with Crippen LogP contribution in [0.4, 0.5) is 0 Å². The fraction of sp³-hybridized carbons (Fsp3) is 0.280. The highest BCUT2D eigenvalue weighted by Crippen LogP contribution is 2.26. The summed E-state index contributed by atoms with van der Waals surface area (Å²) >= 11 is 0. The molecule has 1 N–H and O–H groups in total. The van der Waals surface area contributed by atoms with E-state index in [1.54, 1.807) is 13.8 Å². The van der Waals surface area contributed by atoms with E-state index in [2.05, 4.69) is 5.32 Å². The molecule has 1 heterocycles. The van der Waals surface area contributed by atoms with E-state index >= 15 is 0 Å². The number of ether oxygens (including phenoxy) is 1. The number of carbonyl (C=O) groups is 2. The monoisotopic (exact) mass is 404 g/mol. The van der Waals surface area contributed by atoms with Gasteiger partial charge in [-0.15, -0.1) is 0 Å². The van der Waals surface area contributed by atoms with Crippen molar-refractivity contribution < 1.29 is 14.3 Å². The number of amides is 1. The molecule has 5 nitrogen and oxygen atoms in total. The van der Waals surface area contributed by atoms with Crippen LogP contribution in [0.25, 0.3) is 0 Å². The quantitative estimate of drug-likeness (QED) is 0.574. The van der Waals surface area contributed by atoms with Gasteiger partial charge in [0.2, 0.25) is 0 Å². The summed E-state index contributed by atoms with van der Waals surface area (Å²) in [7, 11) is 0. The molecule has 30 heavy (non-hydrogen) atoms. The van der Waals surface area contributed by atoms with E-state index in [4.69, 9.17) is 4.74 Å². The summed E-state index contributed by atoms with van der Waals surface area (Å²) in [4.78, 5) is 26.0. The van der Waals surface area contributed by atoms with Gasteiger partial charge in [0.05, 0.1) is 18.2 Å². The van der Waals surface area contributed by atoms with Gasteiger partial charge >= 0.3 is 5.97 Å². The van der Waals surface area contributed by atoms with Crippen molar-refractivity contribution in [3.63, 3.8) is 0 Å². The molecule has 0 unspecified atom stereocenters. The van der Waals surface area contributed by atoms with Crippen LogP contribution in [0, 0.1) is 13.8 Å². The van der Waals surface area contributed by atoms with Crippen molar-refractivity contribution in [2.45, 2.75) is 40.3 Å². The normalized spacial score (nSPS) is 10.8. The molecule has 0 aliphatic carbocycles. The Morgan fingerprint density at radius 1 is 0.933 bits per heavy atom. The summed E-state index contributed by atoms with van der Waals surface area (Å²) < 4.78 is 7.08. The average molecular weight is 405 g/mol. The van der Waals surface area contributed by atoms with Crippen molar-refractivity contribution in [1.29, 1.82) is 0 Å². The molecule has 1 aromatic heterocycles. The minimum atomic E-state index is -0.401. The first-order valence-electron chi connectivity index (χ1n) is 10.3. The third-order valence-corrected chi connectivity index (χ3v) is 5.32. The molecule has 0 saturated carbocycles. The number of nitrogens with one attached hydrogen (secondary N) is 1. The number of carbonyl (C=O) groups excluding carboxylic acids is 2. The van der Waals surface area contributed by atoms with E-state index in [-0.39, 0.29) is 18.6 Å². The van der Waals surface area contributed by atoms with Crippen LogP contribution in [-0.4, -0.2) is 23.1 Å². The van der Waals surface area contributed by atoms with Crippen LogP contribution < -0.4 is 5.32 Å². The molecule has 0 atom stereocenters. The van der Waals surface area contributed by atoms with Crippen LogP contribution in [-0.2, 0) is 11.3 Å². The molecule has 5 heteroatoms. The van der Waals surface area contributed by atoms with Crippen molar-refractivity contribution >= 4 is 11.9 Å². The first kappa shape index (κ1) is 21.4. The molecule has 0 fully saturated rings. The van der Waals surface area contributed by atoms with Crippen molar-refractivity contribution in [2.24, 2.45) is 0 Å². The molecule has 0 saturated heterocycles. The minimum absolute atomic E-state index is 0.208. The lowest BCUT2D eigenvalue weighted by Crippen LogP contribution is -2.30. The van der Waals surface area contributed by atoms with Gasteiger partial charge in [-0.2, -0.15) is 0 Å². The Morgan fingerprint density at radius 3 is 1.93 bits per heavy atom. The van der Waals surface area contributed by atoms with Crippen molar-refractivity contribution in [2.75, 3.05) is 6.61 Å².